The summed E-state index contributed by atoms with van der Waals surface area (Å²) in [4.78, 5) is 12.2. The van der Waals surface area contributed by atoms with Crippen molar-refractivity contribution in [3.63, 3.8) is 0 Å². The number of rotatable bonds is 5. The van der Waals surface area contributed by atoms with Gasteiger partial charge in [-0.25, -0.2) is 0 Å². The molecular formula is C16H25NO4. The first-order valence-corrected chi connectivity index (χ1v) is 7.43. The number of aliphatic hydroxyl groups is 1. The van der Waals surface area contributed by atoms with E-state index in [0.29, 0.717) is 25.3 Å². The molecule has 1 aromatic rings. The van der Waals surface area contributed by atoms with E-state index in [1.165, 1.54) is 0 Å². The fraction of sp³-hybridized carbons (Fsp3) is 0.688. The molecule has 0 saturated carbocycles. The highest BCUT2D eigenvalue weighted by Crippen LogP contribution is 2.43. The fourth-order valence-corrected chi connectivity index (χ4v) is 3.00. The van der Waals surface area contributed by atoms with Gasteiger partial charge in [-0.3, -0.25) is 4.79 Å². The second-order valence-corrected chi connectivity index (χ2v) is 6.56. The number of hydrogen-bond donors (Lipinski definition) is 2. The molecule has 0 radical (unpaired) electrons. The molecule has 1 heterocycles. The fourth-order valence-electron chi connectivity index (χ4n) is 3.00. The number of hydrogen-bond acceptors (Lipinski definition) is 4. The van der Waals surface area contributed by atoms with Crippen LogP contribution in [0.1, 0.15) is 60.2 Å². The quantitative estimate of drug-likeness (QED) is 0.818. The Kier molecular flexibility index (Phi) is 4.74. The monoisotopic (exact) mass is 295 g/mol. The summed E-state index contributed by atoms with van der Waals surface area (Å²) in [6.07, 6.45) is 1.65. The Bertz CT molecular complexity index is 519. The molecule has 2 rings (SSSR count). The minimum Gasteiger partial charge on any atom is -0.455 e. The Labute approximate surface area is 125 Å². The predicted octanol–water partition coefficient (Wildman–Crippen LogP) is 2.36. The predicted molar refractivity (Wildman–Crippen MR) is 79.3 cm³/mol. The number of methoxy groups -OCH3 is 1. The van der Waals surface area contributed by atoms with Gasteiger partial charge in [-0.1, -0.05) is 13.8 Å². The van der Waals surface area contributed by atoms with Crippen LogP contribution in [-0.2, 0) is 11.2 Å². The zero-order valence-electron chi connectivity index (χ0n) is 13.3. The number of furan rings is 1. The SMILES string of the molecule is COCCCNC(=O)c1oc2c(c1C)C(O)CC(C)(C)C2. The molecule has 0 bridgehead atoms. The van der Waals surface area contributed by atoms with Gasteiger partial charge in [0.05, 0.1) is 6.10 Å². The Morgan fingerprint density at radius 3 is 2.90 bits per heavy atom. The summed E-state index contributed by atoms with van der Waals surface area (Å²) in [6.45, 7) is 7.20. The molecule has 5 nitrogen and oxygen atoms in total. The summed E-state index contributed by atoms with van der Waals surface area (Å²) in [6, 6.07) is 0. The van der Waals surface area contributed by atoms with E-state index in [-0.39, 0.29) is 11.3 Å². The summed E-state index contributed by atoms with van der Waals surface area (Å²) >= 11 is 0. The lowest BCUT2D eigenvalue weighted by atomic mass is 9.75. The molecule has 118 valence electrons. The minimum absolute atomic E-state index is 0.0110. The minimum atomic E-state index is -0.553. The van der Waals surface area contributed by atoms with Crippen LogP contribution in [0, 0.1) is 12.3 Å². The van der Waals surface area contributed by atoms with Crippen LogP contribution in [0.4, 0.5) is 0 Å². The number of carbonyl (C=O) groups is 1. The highest BCUT2D eigenvalue weighted by atomic mass is 16.5. The van der Waals surface area contributed by atoms with Crippen LogP contribution in [0.25, 0.3) is 0 Å². The van der Waals surface area contributed by atoms with Crippen LogP contribution in [0.3, 0.4) is 0 Å². The second kappa shape index (κ2) is 6.20. The molecule has 5 heteroatoms. The first-order chi connectivity index (χ1) is 9.85. The van der Waals surface area contributed by atoms with Crippen molar-refractivity contribution in [3.05, 3.63) is 22.6 Å². The lowest BCUT2D eigenvalue weighted by Crippen LogP contribution is -2.25. The zero-order valence-corrected chi connectivity index (χ0v) is 13.3. The molecule has 1 atom stereocenters. The van der Waals surface area contributed by atoms with E-state index in [9.17, 15) is 9.90 Å². The van der Waals surface area contributed by atoms with Crippen LogP contribution in [0.15, 0.2) is 4.42 Å². The number of ether oxygens (including phenoxy) is 1. The normalized spacial score (nSPS) is 20.1. The van der Waals surface area contributed by atoms with Crippen molar-refractivity contribution in [2.24, 2.45) is 5.41 Å². The molecular weight excluding hydrogens is 270 g/mol. The van der Waals surface area contributed by atoms with Crippen LogP contribution < -0.4 is 5.32 Å². The summed E-state index contributed by atoms with van der Waals surface area (Å²) in [5.41, 5.74) is 1.55. The Morgan fingerprint density at radius 2 is 2.24 bits per heavy atom. The van der Waals surface area contributed by atoms with Gasteiger partial charge in [-0.05, 0) is 25.2 Å². The Morgan fingerprint density at radius 1 is 1.52 bits per heavy atom. The molecule has 2 N–H and O–H groups in total. The summed E-state index contributed by atoms with van der Waals surface area (Å²) < 4.78 is 10.7. The topological polar surface area (TPSA) is 71.7 Å². The largest absolute Gasteiger partial charge is 0.455 e. The van der Waals surface area contributed by atoms with Gasteiger partial charge in [-0.15, -0.1) is 0 Å². The number of amides is 1. The molecule has 0 aliphatic heterocycles. The molecule has 0 saturated heterocycles. The molecule has 1 amide bonds. The van der Waals surface area contributed by atoms with Crippen LogP contribution in [0.2, 0.25) is 0 Å². The number of nitrogens with one attached hydrogen (secondary N) is 1. The second-order valence-electron chi connectivity index (χ2n) is 6.56. The molecule has 0 aromatic carbocycles. The maximum atomic E-state index is 12.2. The van der Waals surface area contributed by atoms with Crippen molar-refractivity contribution in [2.45, 2.75) is 46.1 Å². The van der Waals surface area contributed by atoms with Crippen molar-refractivity contribution >= 4 is 5.91 Å². The standard InChI is InChI=1S/C16H25NO4/c1-10-13-11(18)8-16(2,3)9-12(13)21-14(10)15(19)17-6-5-7-20-4/h11,18H,5-9H2,1-4H3,(H,17,19). The first-order valence-electron chi connectivity index (χ1n) is 7.43. The molecule has 0 fully saturated rings. The summed E-state index contributed by atoms with van der Waals surface area (Å²) in [5.74, 6) is 0.857. The zero-order chi connectivity index (χ0) is 15.6. The van der Waals surface area contributed by atoms with Gasteiger partial charge in [0.25, 0.3) is 5.91 Å². The van der Waals surface area contributed by atoms with Crippen LogP contribution in [0.5, 0.6) is 0 Å². The number of carbonyl (C=O) groups excluding carboxylic acids is 1. The van der Waals surface area contributed by atoms with E-state index in [1.54, 1.807) is 7.11 Å². The van der Waals surface area contributed by atoms with E-state index in [2.05, 4.69) is 19.2 Å². The van der Waals surface area contributed by atoms with Gasteiger partial charge in [0.15, 0.2) is 5.76 Å². The van der Waals surface area contributed by atoms with Crippen molar-refractivity contribution in [1.82, 2.24) is 5.32 Å². The van der Waals surface area contributed by atoms with E-state index in [1.807, 2.05) is 6.92 Å². The third-order valence-corrected chi connectivity index (χ3v) is 4.01. The summed E-state index contributed by atoms with van der Waals surface area (Å²) in [5, 5.41) is 13.1. The van der Waals surface area contributed by atoms with Gasteiger partial charge >= 0.3 is 0 Å². The molecule has 21 heavy (non-hydrogen) atoms. The van der Waals surface area contributed by atoms with Crippen LogP contribution in [-0.4, -0.2) is 31.3 Å². The summed E-state index contributed by atoms with van der Waals surface area (Å²) in [7, 11) is 1.63. The van der Waals surface area contributed by atoms with Crippen molar-refractivity contribution < 1.29 is 19.1 Å². The van der Waals surface area contributed by atoms with Crippen molar-refractivity contribution in [3.8, 4) is 0 Å². The van der Waals surface area contributed by atoms with Crippen LogP contribution >= 0.6 is 0 Å². The third kappa shape index (κ3) is 3.47. The van der Waals surface area contributed by atoms with Crippen molar-refractivity contribution in [1.29, 1.82) is 0 Å². The number of fused-ring (bicyclic) bond motifs is 1. The van der Waals surface area contributed by atoms with Crippen molar-refractivity contribution in [2.75, 3.05) is 20.3 Å². The average Bonchev–Trinajstić information content (AvgIpc) is 2.70. The highest BCUT2D eigenvalue weighted by molar-refractivity contribution is 5.93. The molecule has 1 aliphatic carbocycles. The van der Waals surface area contributed by atoms with E-state index in [0.717, 1.165) is 29.7 Å². The molecule has 0 spiro atoms. The van der Waals surface area contributed by atoms with E-state index in [4.69, 9.17) is 9.15 Å². The maximum Gasteiger partial charge on any atom is 0.287 e. The van der Waals surface area contributed by atoms with Gasteiger partial charge < -0.3 is 19.6 Å². The molecule has 1 aliphatic rings. The number of aliphatic hydroxyl groups excluding tert-OH is 1. The smallest absolute Gasteiger partial charge is 0.287 e. The van der Waals surface area contributed by atoms with E-state index < -0.39 is 6.10 Å². The van der Waals surface area contributed by atoms with Gasteiger partial charge in [-0.2, -0.15) is 0 Å². The lowest BCUT2D eigenvalue weighted by Gasteiger charge is -2.31. The molecule has 1 aromatic heterocycles. The van der Waals surface area contributed by atoms with E-state index >= 15 is 0 Å². The highest BCUT2D eigenvalue weighted by Gasteiger charge is 2.37. The Balaban J connectivity index is 2.14. The van der Waals surface area contributed by atoms with Gasteiger partial charge in [0.1, 0.15) is 5.76 Å². The third-order valence-electron chi connectivity index (χ3n) is 4.01. The maximum absolute atomic E-state index is 12.2. The van der Waals surface area contributed by atoms with Gasteiger partial charge in [0.2, 0.25) is 0 Å². The average molecular weight is 295 g/mol. The first kappa shape index (κ1) is 16.0. The molecule has 1 unspecified atom stereocenters. The lowest BCUT2D eigenvalue weighted by molar-refractivity contribution is 0.0882. The Hall–Kier alpha value is -1.33. The van der Waals surface area contributed by atoms with Gasteiger partial charge in [0, 0.05) is 37.8 Å².